The average Bonchev–Trinajstić information content (AvgIpc) is 3.46. The number of hydrogen-bond donors (Lipinski definition) is 1. The molecular formula is C23H25ClN4O2S. The molecule has 0 unspecified atom stereocenters. The van der Waals surface area contributed by atoms with Crippen LogP contribution in [0.1, 0.15) is 43.5 Å². The fourth-order valence-electron chi connectivity index (χ4n) is 3.67. The summed E-state index contributed by atoms with van der Waals surface area (Å²) in [5, 5.41) is 13.3. The largest absolute Gasteiger partial charge is 0.494 e. The second kappa shape index (κ2) is 9.75. The monoisotopic (exact) mass is 456 g/mol. The van der Waals surface area contributed by atoms with Crippen LogP contribution < -0.4 is 10.1 Å². The SMILES string of the molecule is CCOc1ccc(NC(=O)CSc2nnc([C@H]3C[C@@H]3c3ccc(Cl)cc3)n2CC)cc1. The Morgan fingerprint density at radius 1 is 1.13 bits per heavy atom. The van der Waals surface area contributed by atoms with E-state index in [-0.39, 0.29) is 11.7 Å². The number of ether oxygens (including phenoxy) is 1. The lowest BCUT2D eigenvalue weighted by molar-refractivity contribution is -0.113. The summed E-state index contributed by atoms with van der Waals surface area (Å²) in [6.07, 6.45) is 1.06. The highest BCUT2D eigenvalue weighted by Crippen LogP contribution is 2.54. The van der Waals surface area contributed by atoms with Crippen molar-refractivity contribution in [1.29, 1.82) is 0 Å². The van der Waals surface area contributed by atoms with Crippen LogP contribution in [0.25, 0.3) is 0 Å². The molecule has 1 N–H and O–H groups in total. The molecule has 6 nitrogen and oxygen atoms in total. The zero-order valence-electron chi connectivity index (χ0n) is 17.5. The van der Waals surface area contributed by atoms with Gasteiger partial charge in [-0.3, -0.25) is 4.79 Å². The maximum Gasteiger partial charge on any atom is 0.234 e. The minimum Gasteiger partial charge on any atom is -0.494 e. The van der Waals surface area contributed by atoms with Crippen LogP contribution in [0, 0.1) is 0 Å². The molecule has 0 bridgehead atoms. The van der Waals surface area contributed by atoms with E-state index in [1.54, 1.807) is 0 Å². The lowest BCUT2D eigenvalue weighted by Crippen LogP contribution is -2.14. The lowest BCUT2D eigenvalue weighted by atomic mass is 10.1. The number of carbonyl (C=O) groups excluding carboxylic acids is 1. The van der Waals surface area contributed by atoms with Crippen molar-refractivity contribution in [3.05, 3.63) is 64.9 Å². The summed E-state index contributed by atoms with van der Waals surface area (Å²) in [7, 11) is 0. The van der Waals surface area contributed by atoms with Crippen molar-refractivity contribution in [2.24, 2.45) is 0 Å². The molecule has 1 saturated carbocycles. The van der Waals surface area contributed by atoms with Gasteiger partial charge in [-0.25, -0.2) is 0 Å². The molecule has 31 heavy (non-hydrogen) atoms. The van der Waals surface area contributed by atoms with E-state index in [0.717, 1.165) is 40.4 Å². The quantitative estimate of drug-likeness (QED) is 0.439. The zero-order chi connectivity index (χ0) is 21.8. The van der Waals surface area contributed by atoms with Gasteiger partial charge in [-0.15, -0.1) is 10.2 Å². The Hall–Kier alpha value is -2.51. The van der Waals surface area contributed by atoms with Gasteiger partial charge >= 0.3 is 0 Å². The standard InChI is InChI=1S/C23H25ClN4O2S/c1-3-28-22(20-13-19(20)15-5-7-16(24)8-6-15)26-27-23(28)31-14-21(29)25-17-9-11-18(12-10-17)30-4-2/h5-12,19-20H,3-4,13-14H2,1-2H3,(H,25,29)/t19-,20+/m1/s1. The molecule has 2 aromatic carbocycles. The molecule has 0 radical (unpaired) electrons. The van der Waals surface area contributed by atoms with Crippen molar-refractivity contribution in [3.8, 4) is 5.75 Å². The highest BCUT2D eigenvalue weighted by Gasteiger charge is 2.43. The predicted octanol–water partition coefficient (Wildman–Crippen LogP) is 5.35. The Labute approximate surface area is 191 Å². The van der Waals surface area contributed by atoms with E-state index in [1.165, 1.54) is 17.3 Å². The van der Waals surface area contributed by atoms with Crippen LogP contribution in [0.2, 0.25) is 5.02 Å². The first kappa shape index (κ1) is 21.7. The zero-order valence-corrected chi connectivity index (χ0v) is 19.1. The lowest BCUT2D eigenvalue weighted by Gasteiger charge is -2.08. The van der Waals surface area contributed by atoms with Gasteiger partial charge in [-0.2, -0.15) is 0 Å². The van der Waals surface area contributed by atoms with Crippen molar-refractivity contribution >= 4 is 35.0 Å². The number of halogens is 1. The van der Waals surface area contributed by atoms with E-state index in [1.807, 2.05) is 43.3 Å². The minimum absolute atomic E-state index is 0.0770. The van der Waals surface area contributed by atoms with Crippen LogP contribution in [0.15, 0.2) is 53.7 Å². The molecule has 2 atom stereocenters. The number of nitrogens with one attached hydrogen (secondary N) is 1. The van der Waals surface area contributed by atoms with Gasteiger partial charge in [0, 0.05) is 23.2 Å². The van der Waals surface area contributed by atoms with Crippen molar-refractivity contribution in [1.82, 2.24) is 14.8 Å². The van der Waals surface area contributed by atoms with Crippen LogP contribution in [-0.4, -0.2) is 33.0 Å². The molecule has 1 heterocycles. The van der Waals surface area contributed by atoms with Gasteiger partial charge in [0.2, 0.25) is 5.91 Å². The molecular weight excluding hydrogens is 432 g/mol. The van der Waals surface area contributed by atoms with Crippen LogP contribution in [0.4, 0.5) is 5.69 Å². The van der Waals surface area contributed by atoms with Crippen molar-refractivity contribution < 1.29 is 9.53 Å². The number of carbonyl (C=O) groups is 1. The molecule has 162 valence electrons. The van der Waals surface area contributed by atoms with Gasteiger partial charge in [0.25, 0.3) is 0 Å². The molecule has 1 aliphatic rings. The van der Waals surface area contributed by atoms with Gasteiger partial charge < -0.3 is 14.6 Å². The number of hydrogen-bond acceptors (Lipinski definition) is 5. The summed E-state index contributed by atoms with van der Waals surface area (Å²) in [6.45, 7) is 5.41. The van der Waals surface area contributed by atoms with E-state index >= 15 is 0 Å². The Morgan fingerprint density at radius 3 is 2.55 bits per heavy atom. The van der Waals surface area contributed by atoms with Crippen LogP contribution >= 0.6 is 23.4 Å². The van der Waals surface area contributed by atoms with E-state index in [2.05, 4.69) is 39.1 Å². The molecule has 1 aromatic heterocycles. The van der Waals surface area contributed by atoms with Gasteiger partial charge in [-0.05, 0) is 68.1 Å². The van der Waals surface area contributed by atoms with Gasteiger partial charge in [0.05, 0.1) is 12.4 Å². The van der Waals surface area contributed by atoms with Crippen molar-refractivity contribution in [2.75, 3.05) is 17.7 Å². The Morgan fingerprint density at radius 2 is 1.87 bits per heavy atom. The van der Waals surface area contributed by atoms with Crippen LogP contribution in [0.3, 0.4) is 0 Å². The Kier molecular flexibility index (Phi) is 6.83. The third kappa shape index (κ3) is 5.22. The number of amides is 1. The molecule has 0 aliphatic heterocycles. The van der Waals surface area contributed by atoms with Crippen LogP contribution in [-0.2, 0) is 11.3 Å². The number of benzene rings is 2. The average molecular weight is 457 g/mol. The molecule has 1 fully saturated rings. The summed E-state index contributed by atoms with van der Waals surface area (Å²) in [5.74, 6) is 2.80. The topological polar surface area (TPSA) is 69.0 Å². The number of anilines is 1. The first-order valence-electron chi connectivity index (χ1n) is 10.4. The second-order valence-electron chi connectivity index (χ2n) is 7.38. The molecule has 8 heteroatoms. The molecule has 1 amide bonds. The fraction of sp³-hybridized carbons (Fsp3) is 0.348. The van der Waals surface area contributed by atoms with E-state index < -0.39 is 0 Å². The highest BCUT2D eigenvalue weighted by atomic mass is 35.5. The van der Waals surface area contributed by atoms with Crippen molar-refractivity contribution in [3.63, 3.8) is 0 Å². The number of rotatable bonds is 9. The number of aromatic nitrogens is 3. The molecule has 0 saturated heterocycles. The molecule has 4 rings (SSSR count). The summed E-state index contributed by atoms with van der Waals surface area (Å²) >= 11 is 7.42. The first-order valence-corrected chi connectivity index (χ1v) is 11.8. The summed E-state index contributed by atoms with van der Waals surface area (Å²) in [4.78, 5) is 12.4. The van der Waals surface area contributed by atoms with Gasteiger partial charge in [0.15, 0.2) is 5.16 Å². The number of thioether (sulfide) groups is 1. The molecule has 3 aromatic rings. The third-order valence-corrected chi connectivity index (χ3v) is 6.48. The summed E-state index contributed by atoms with van der Waals surface area (Å²) < 4.78 is 7.54. The molecule has 0 spiro atoms. The van der Waals surface area contributed by atoms with E-state index in [4.69, 9.17) is 16.3 Å². The summed E-state index contributed by atoms with van der Waals surface area (Å²) in [6, 6.07) is 15.4. The Bertz CT molecular complexity index is 1040. The maximum absolute atomic E-state index is 12.4. The van der Waals surface area contributed by atoms with Gasteiger partial charge in [-0.1, -0.05) is 35.5 Å². The van der Waals surface area contributed by atoms with Crippen molar-refractivity contribution in [2.45, 2.75) is 43.8 Å². The fourth-order valence-corrected chi connectivity index (χ4v) is 4.60. The highest BCUT2D eigenvalue weighted by molar-refractivity contribution is 7.99. The normalized spacial score (nSPS) is 17.4. The maximum atomic E-state index is 12.4. The van der Waals surface area contributed by atoms with Crippen LogP contribution in [0.5, 0.6) is 5.75 Å². The Balaban J connectivity index is 1.35. The number of nitrogens with zero attached hydrogens (tertiary/aromatic N) is 3. The third-order valence-electron chi connectivity index (χ3n) is 5.26. The first-order chi connectivity index (χ1) is 15.1. The smallest absolute Gasteiger partial charge is 0.234 e. The molecule has 1 aliphatic carbocycles. The summed E-state index contributed by atoms with van der Waals surface area (Å²) in [5.41, 5.74) is 2.03. The minimum atomic E-state index is -0.0770. The second-order valence-corrected chi connectivity index (χ2v) is 8.76. The predicted molar refractivity (Wildman–Crippen MR) is 124 cm³/mol. The van der Waals surface area contributed by atoms with E-state index in [9.17, 15) is 4.79 Å². The van der Waals surface area contributed by atoms with Gasteiger partial charge in [0.1, 0.15) is 11.6 Å². The van der Waals surface area contributed by atoms with E-state index in [0.29, 0.717) is 18.4 Å².